The summed E-state index contributed by atoms with van der Waals surface area (Å²) >= 11 is 0. The van der Waals surface area contributed by atoms with E-state index in [2.05, 4.69) is 5.32 Å². The van der Waals surface area contributed by atoms with Gasteiger partial charge in [0, 0.05) is 5.54 Å². The number of carbonyl (C=O) groups is 2. The van der Waals surface area contributed by atoms with Crippen molar-refractivity contribution in [2.75, 3.05) is 6.61 Å². The van der Waals surface area contributed by atoms with Gasteiger partial charge in [-0.1, -0.05) is 12.1 Å². The Balaban J connectivity index is 1.26. The zero-order chi connectivity index (χ0) is 17.4. The Kier molecular flexibility index (Phi) is 4.18. The van der Waals surface area contributed by atoms with E-state index in [1.165, 1.54) is 31.4 Å². The van der Waals surface area contributed by atoms with Crippen molar-refractivity contribution in [1.29, 1.82) is 0 Å². The van der Waals surface area contributed by atoms with Crippen molar-refractivity contribution in [1.82, 2.24) is 5.32 Å². The fourth-order valence-electron chi connectivity index (χ4n) is 5.57. The standard InChI is InChI=1S/C20H25NO4/c22-17-3-1-13(2-4-17)8-19(24)25-12-18(23)21-20-9-14-5-15(10-20)7-16(6-14)11-20/h1-4,14-16,22H,5-12H2,(H,21,23). The van der Waals surface area contributed by atoms with Crippen LogP contribution in [-0.4, -0.2) is 29.1 Å². The lowest BCUT2D eigenvalue weighted by molar-refractivity contribution is -0.149. The maximum absolute atomic E-state index is 12.3. The molecule has 25 heavy (non-hydrogen) atoms. The number of phenols is 1. The lowest BCUT2D eigenvalue weighted by atomic mass is 9.53. The van der Waals surface area contributed by atoms with Crippen LogP contribution in [0.1, 0.15) is 44.1 Å². The molecule has 1 aromatic rings. The van der Waals surface area contributed by atoms with Gasteiger partial charge in [-0.3, -0.25) is 9.59 Å². The number of hydrogen-bond donors (Lipinski definition) is 2. The Hall–Kier alpha value is -2.04. The Bertz CT molecular complexity index is 631. The van der Waals surface area contributed by atoms with Gasteiger partial charge in [-0.25, -0.2) is 0 Å². The highest BCUT2D eigenvalue weighted by molar-refractivity contribution is 5.81. The highest BCUT2D eigenvalue weighted by Crippen LogP contribution is 2.55. The van der Waals surface area contributed by atoms with Crippen LogP contribution in [0.2, 0.25) is 0 Å². The predicted octanol–water partition coefficient (Wildman–Crippen LogP) is 2.56. The van der Waals surface area contributed by atoms with Crippen LogP contribution in [0.3, 0.4) is 0 Å². The van der Waals surface area contributed by atoms with Crippen molar-refractivity contribution >= 4 is 11.9 Å². The summed E-state index contributed by atoms with van der Waals surface area (Å²) in [6.45, 7) is -0.210. The second-order valence-corrected chi connectivity index (χ2v) is 8.25. The Morgan fingerprint density at radius 1 is 1.04 bits per heavy atom. The highest BCUT2D eigenvalue weighted by Gasteiger charge is 2.51. The van der Waals surface area contributed by atoms with Gasteiger partial charge in [0.2, 0.25) is 0 Å². The van der Waals surface area contributed by atoms with Crippen molar-refractivity contribution in [3.63, 3.8) is 0 Å². The molecule has 5 nitrogen and oxygen atoms in total. The van der Waals surface area contributed by atoms with Gasteiger partial charge in [-0.05, 0) is 74.0 Å². The van der Waals surface area contributed by atoms with Crippen LogP contribution in [0.15, 0.2) is 24.3 Å². The largest absolute Gasteiger partial charge is 0.508 e. The summed E-state index contributed by atoms with van der Waals surface area (Å²) in [6.07, 6.45) is 7.36. The van der Waals surface area contributed by atoms with Crippen LogP contribution in [0, 0.1) is 17.8 Å². The first-order chi connectivity index (χ1) is 12.0. The molecule has 0 aromatic heterocycles. The molecule has 4 aliphatic carbocycles. The summed E-state index contributed by atoms with van der Waals surface area (Å²) in [7, 11) is 0. The van der Waals surface area contributed by atoms with Crippen LogP contribution < -0.4 is 5.32 Å². The second-order valence-electron chi connectivity index (χ2n) is 8.25. The van der Waals surface area contributed by atoms with E-state index in [4.69, 9.17) is 4.74 Å². The maximum Gasteiger partial charge on any atom is 0.310 e. The highest BCUT2D eigenvalue weighted by atomic mass is 16.5. The first-order valence-corrected chi connectivity index (χ1v) is 9.24. The van der Waals surface area contributed by atoms with Gasteiger partial charge in [0.1, 0.15) is 5.75 Å². The number of carbonyl (C=O) groups excluding carboxylic acids is 2. The molecule has 1 aromatic carbocycles. The van der Waals surface area contributed by atoms with E-state index >= 15 is 0 Å². The predicted molar refractivity (Wildman–Crippen MR) is 91.8 cm³/mol. The van der Waals surface area contributed by atoms with E-state index in [-0.39, 0.29) is 30.2 Å². The molecule has 4 aliphatic rings. The zero-order valence-electron chi connectivity index (χ0n) is 14.4. The molecule has 5 rings (SSSR count). The number of benzene rings is 1. The molecular formula is C20H25NO4. The molecule has 2 N–H and O–H groups in total. The molecule has 134 valence electrons. The van der Waals surface area contributed by atoms with Crippen LogP contribution in [0.4, 0.5) is 0 Å². The molecule has 4 saturated carbocycles. The first kappa shape index (κ1) is 16.4. The SMILES string of the molecule is O=C(COC(=O)Cc1ccc(O)cc1)NC12CC3CC(CC(C3)C1)C2. The van der Waals surface area contributed by atoms with Gasteiger partial charge in [0.15, 0.2) is 6.61 Å². The third kappa shape index (κ3) is 3.65. The van der Waals surface area contributed by atoms with Gasteiger partial charge in [0.25, 0.3) is 5.91 Å². The minimum absolute atomic E-state index is 0.0464. The van der Waals surface area contributed by atoms with E-state index in [9.17, 15) is 14.7 Å². The molecule has 1 amide bonds. The summed E-state index contributed by atoms with van der Waals surface area (Å²) in [6, 6.07) is 6.41. The van der Waals surface area contributed by atoms with Crippen molar-refractivity contribution in [3.05, 3.63) is 29.8 Å². The van der Waals surface area contributed by atoms with Crippen LogP contribution in [0.5, 0.6) is 5.75 Å². The number of amides is 1. The van der Waals surface area contributed by atoms with E-state index in [1.807, 2.05) is 0 Å². The van der Waals surface area contributed by atoms with Crippen LogP contribution in [-0.2, 0) is 20.7 Å². The van der Waals surface area contributed by atoms with Gasteiger partial charge >= 0.3 is 5.97 Å². The van der Waals surface area contributed by atoms with Gasteiger partial charge in [-0.15, -0.1) is 0 Å². The average Bonchev–Trinajstić information content (AvgIpc) is 2.53. The van der Waals surface area contributed by atoms with Crippen LogP contribution >= 0.6 is 0 Å². The number of phenolic OH excluding ortho intramolecular Hbond substituents is 1. The van der Waals surface area contributed by atoms with Gasteiger partial charge in [-0.2, -0.15) is 0 Å². The fraction of sp³-hybridized carbons (Fsp3) is 0.600. The van der Waals surface area contributed by atoms with E-state index in [0.29, 0.717) is 0 Å². The Morgan fingerprint density at radius 3 is 2.16 bits per heavy atom. The van der Waals surface area contributed by atoms with Crippen molar-refractivity contribution in [3.8, 4) is 5.75 Å². The molecule has 0 unspecified atom stereocenters. The molecule has 4 fully saturated rings. The number of esters is 1. The summed E-state index contributed by atoms with van der Waals surface area (Å²) < 4.78 is 5.14. The van der Waals surface area contributed by atoms with E-state index in [1.54, 1.807) is 12.1 Å². The quantitative estimate of drug-likeness (QED) is 0.806. The molecular weight excluding hydrogens is 318 g/mol. The summed E-state index contributed by atoms with van der Waals surface area (Å²) in [5.74, 6) is 1.86. The van der Waals surface area contributed by atoms with Crippen LogP contribution in [0.25, 0.3) is 0 Å². The topological polar surface area (TPSA) is 75.6 Å². The second kappa shape index (κ2) is 6.36. The number of nitrogens with one attached hydrogen (secondary N) is 1. The lowest BCUT2D eigenvalue weighted by Gasteiger charge is -2.56. The maximum atomic E-state index is 12.3. The smallest absolute Gasteiger partial charge is 0.310 e. The number of hydrogen-bond acceptors (Lipinski definition) is 4. The molecule has 0 saturated heterocycles. The normalized spacial score (nSPS) is 32.4. The van der Waals surface area contributed by atoms with Crippen molar-refractivity contribution < 1.29 is 19.4 Å². The number of aromatic hydroxyl groups is 1. The molecule has 5 heteroatoms. The number of rotatable bonds is 5. The molecule has 0 atom stereocenters. The molecule has 4 bridgehead atoms. The average molecular weight is 343 g/mol. The third-order valence-corrected chi connectivity index (χ3v) is 6.09. The van der Waals surface area contributed by atoms with Gasteiger partial charge in [0.05, 0.1) is 6.42 Å². The van der Waals surface area contributed by atoms with E-state index < -0.39 is 5.97 Å². The van der Waals surface area contributed by atoms with Gasteiger partial charge < -0.3 is 15.2 Å². The molecule has 0 heterocycles. The molecule has 0 spiro atoms. The number of ether oxygens (including phenoxy) is 1. The zero-order valence-corrected chi connectivity index (χ0v) is 14.4. The summed E-state index contributed by atoms with van der Waals surface area (Å²) in [5.41, 5.74) is 0.708. The Morgan fingerprint density at radius 2 is 1.60 bits per heavy atom. The van der Waals surface area contributed by atoms with E-state index in [0.717, 1.165) is 42.6 Å². The van der Waals surface area contributed by atoms with Crippen molar-refractivity contribution in [2.24, 2.45) is 17.8 Å². The minimum atomic E-state index is -0.425. The molecule has 0 aliphatic heterocycles. The summed E-state index contributed by atoms with van der Waals surface area (Å²) in [5, 5.41) is 12.4. The first-order valence-electron chi connectivity index (χ1n) is 9.24. The fourth-order valence-corrected chi connectivity index (χ4v) is 5.57. The lowest BCUT2D eigenvalue weighted by Crippen LogP contribution is -2.60. The molecule has 0 radical (unpaired) electrons. The monoisotopic (exact) mass is 343 g/mol. The Labute approximate surface area is 147 Å². The minimum Gasteiger partial charge on any atom is -0.508 e. The van der Waals surface area contributed by atoms with Crippen molar-refractivity contribution in [2.45, 2.75) is 50.5 Å². The summed E-state index contributed by atoms with van der Waals surface area (Å²) in [4.78, 5) is 24.2. The third-order valence-electron chi connectivity index (χ3n) is 6.09.